The molecule has 1 N–H and O–H groups in total. The standard InChI is InChI=1S/C26H27FN2O.C19H22N2O/c27-24-13-11-23(12-14-24)19-29-20-25(15-16-26(29)30)28(17-21-7-3-1-4-8-21)18-22-9-5-2-6-10-22;22-19-12-11-18(13-20-19)21(14-16-7-3-1-4-8-16)15-17-9-5-2-6-10-17/h1-14,25H,15-20H2;1-10,18H,11-15H2,(H,20,22)/t25-;18-/m00/s1. The molecule has 2 aliphatic heterocycles. The largest absolute Gasteiger partial charge is 0.355 e. The monoisotopic (exact) mass is 696 g/mol. The Labute approximate surface area is 307 Å². The van der Waals surface area contributed by atoms with Crippen LogP contribution in [-0.2, 0) is 42.3 Å². The van der Waals surface area contributed by atoms with Gasteiger partial charge in [-0.1, -0.05) is 133 Å². The Morgan fingerprint density at radius 1 is 0.538 bits per heavy atom. The number of nitrogens with one attached hydrogen (secondary N) is 1. The Hall–Kier alpha value is -5.11. The van der Waals surface area contributed by atoms with Gasteiger partial charge in [-0.15, -0.1) is 0 Å². The molecule has 6 nitrogen and oxygen atoms in total. The summed E-state index contributed by atoms with van der Waals surface area (Å²) in [4.78, 5) is 30.9. The molecule has 268 valence electrons. The number of amides is 2. The normalized spacial score (nSPS) is 17.4. The lowest BCUT2D eigenvalue weighted by atomic mass is 10.0. The molecule has 2 saturated heterocycles. The van der Waals surface area contributed by atoms with Gasteiger partial charge in [0.05, 0.1) is 0 Å². The van der Waals surface area contributed by atoms with Gasteiger partial charge in [-0.05, 0) is 52.8 Å². The molecule has 0 aliphatic carbocycles. The summed E-state index contributed by atoms with van der Waals surface area (Å²) in [6.45, 7) is 5.49. The summed E-state index contributed by atoms with van der Waals surface area (Å²) in [5, 5.41) is 3.00. The summed E-state index contributed by atoms with van der Waals surface area (Å²) in [6.07, 6.45) is 2.97. The van der Waals surface area contributed by atoms with Crippen LogP contribution in [0.15, 0.2) is 146 Å². The molecule has 0 aromatic heterocycles. The van der Waals surface area contributed by atoms with Gasteiger partial charge in [0.2, 0.25) is 11.8 Å². The van der Waals surface area contributed by atoms with E-state index in [4.69, 9.17) is 0 Å². The average Bonchev–Trinajstić information content (AvgIpc) is 3.18. The van der Waals surface area contributed by atoms with Crippen molar-refractivity contribution in [2.75, 3.05) is 13.1 Å². The zero-order chi connectivity index (χ0) is 36.0. The van der Waals surface area contributed by atoms with Gasteiger partial charge in [0.1, 0.15) is 5.82 Å². The molecule has 2 fully saturated rings. The number of nitrogens with zero attached hydrogens (tertiary/aromatic N) is 3. The van der Waals surface area contributed by atoms with Crippen molar-refractivity contribution >= 4 is 11.8 Å². The molecule has 2 amide bonds. The van der Waals surface area contributed by atoms with Crippen LogP contribution in [0.2, 0.25) is 0 Å². The minimum absolute atomic E-state index is 0.176. The van der Waals surface area contributed by atoms with Gasteiger partial charge in [-0.25, -0.2) is 4.39 Å². The number of rotatable bonds is 12. The van der Waals surface area contributed by atoms with E-state index < -0.39 is 0 Å². The summed E-state index contributed by atoms with van der Waals surface area (Å²) in [5.41, 5.74) is 6.14. The molecule has 7 rings (SSSR count). The molecule has 52 heavy (non-hydrogen) atoms. The zero-order valence-electron chi connectivity index (χ0n) is 29.8. The fourth-order valence-corrected chi connectivity index (χ4v) is 7.09. The van der Waals surface area contributed by atoms with E-state index in [0.29, 0.717) is 32.0 Å². The second-order valence-corrected chi connectivity index (χ2v) is 13.8. The molecule has 0 bridgehead atoms. The quantitative estimate of drug-likeness (QED) is 0.144. The maximum atomic E-state index is 13.2. The molecule has 2 aliphatic rings. The second kappa shape index (κ2) is 18.9. The maximum Gasteiger partial charge on any atom is 0.222 e. The van der Waals surface area contributed by atoms with E-state index in [1.54, 1.807) is 12.1 Å². The third kappa shape index (κ3) is 11.2. The number of likely N-dealkylation sites (tertiary alicyclic amines) is 1. The van der Waals surface area contributed by atoms with Gasteiger partial charge in [0.15, 0.2) is 0 Å². The van der Waals surface area contributed by atoms with Crippen LogP contribution in [0.25, 0.3) is 0 Å². The Bertz CT molecular complexity index is 1710. The van der Waals surface area contributed by atoms with Crippen molar-refractivity contribution < 1.29 is 14.0 Å². The van der Waals surface area contributed by atoms with Crippen molar-refractivity contribution in [3.63, 3.8) is 0 Å². The van der Waals surface area contributed by atoms with Gasteiger partial charge in [-0.3, -0.25) is 19.4 Å². The number of halogens is 1. The topological polar surface area (TPSA) is 55.9 Å². The fourth-order valence-electron chi connectivity index (χ4n) is 7.09. The van der Waals surface area contributed by atoms with E-state index in [0.717, 1.165) is 51.1 Å². The van der Waals surface area contributed by atoms with Gasteiger partial charge in [0, 0.05) is 70.7 Å². The summed E-state index contributed by atoms with van der Waals surface area (Å²) in [5.74, 6) is 0.101. The average molecular weight is 697 g/mol. The molecule has 2 heterocycles. The molecule has 5 aromatic rings. The van der Waals surface area contributed by atoms with Crippen LogP contribution in [0, 0.1) is 5.82 Å². The van der Waals surface area contributed by atoms with Crippen molar-refractivity contribution in [3.05, 3.63) is 179 Å². The first-order valence-electron chi connectivity index (χ1n) is 18.4. The molecular weight excluding hydrogens is 648 g/mol. The van der Waals surface area contributed by atoms with Gasteiger partial charge in [-0.2, -0.15) is 0 Å². The van der Waals surface area contributed by atoms with E-state index in [1.165, 1.54) is 34.4 Å². The Kier molecular flexibility index (Phi) is 13.4. The Morgan fingerprint density at radius 3 is 1.38 bits per heavy atom. The van der Waals surface area contributed by atoms with Crippen LogP contribution in [0.4, 0.5) is 4.39 Å². The van der Waals surface area contributed by atoms with E-state index in [1.807, 2.05) is 29.2 Å². The molecular formula is C45H49FN4O2. The Morgan fingerprint density at radius 2 is 0.962 bits per heavy atom. The van der Waals surface area contributed by atoms with Crippen LogP contribution in [-0.4, -0.2) is 51.7 Å². The van der Waals surface area contributed by atoms with Crippen molar-refractivity contribution in [1.29, 1.82) is 0 Å². The molecule has 0 spiro atoms. The first-order chi connectivity index (χ1) is 25.5. The van der Waals surface area contributed by atoms with Crippen molar-refractivity contribution in [2.24, 2.45) is 0 Å². The minimum atomic E-state index is -0.251. The summed E-state index contributed by atoms with van der Waals surface area (Å²) >= 11 is 0. The molecule has 2 atom stereocenters. The molecule has 0 unspecified atom stereocenters. The van der Waals surface area contributed by atoms with E-state index >= 15 is 0 Å². The highest BCUT2D eigenvalue weighted by Gasteiger charge is 2.30. The van der Waals surface area contributed by atoms with Crippen molar-refractivity contribution in [2.45, 2.75) is 70.5 Å². The minimum Gasteiger partial charge on any atom is -0.355 e. The molecule has 0 saturated carbocycles. The molecule has 5 aromatic carbocycles. The highest BCUT2D eigenvalue weighted by Crippen LogP contribution is 2.24. The lowest BCUT2D eigenvalue weighted by molar-refractivity contribution is -0.136. The number of piperidine rings is 2. The van der Waals surface area contributed by atoms with Gasteiger partial charge in [0.25, 0.3) is 0 Å². The number of carbonyl (C=O) groups excluding carboxylic acids is 2. The molecule has 0 radical (unpaired) electrons. The van der Waals surface area contributed by atoms with E-state index in [2.05, 4.69) is 112 Å². The zero-order valence-corrected chi connectivity index (χ0v) is 29.8. The number of hydrogen-bond donors (Lipinski definition) is 1. The number of benzene rings is 5. The highest BCUT2D eigenvalue weighted by atomic mass is 19.1. The lowest BCUT2D eigenvalue weighted by Gasteiger charge is -2.39. The van der Waals surface area contributed by atoms with Gasteiger partial charge < -0.3 is 10.2 Å². The lowest BCUT2D eigenvalue weighted by Crippen LogP contribution is -2.49. The van der Waals surface area contributed by atoms with Crippen molar-refractivity contribution in [1.82, 2.24) is 20.0 Å². The second-order valence-electron chi connectivity index (χ2n) is 13.8. The first-order valence-corrected chi connectivity index (χ1v) is 18.4. The van der Waals surface area contributed by atoms with Crippen LogP contribution in [0.3, 0.4) is 0 Å². The van der Waals surface area contributed by atoms with E-state index in [-0.39, 0.29) is 23.7 Å². The summed E-state index contributed by atoms with van der Waals surface area (Å²) in [7, 11) is 0. The molecule has 7 heteroatoms. The predicted octanol–water partition coefficient (Wildman–Crippen LogP) is 7.99. The fraction of sp³-hybridized carbons (Fsp3) is 0.289. The predicted molar refractivity (Wildman–Crippen MR) is 205 cm³/mol. The van der Waals surface area contributed by atoms with Crippen molar-refractivity contribution in [3.8, 4) is 0 Å². The van der Waals surface area contributed by atoms with Gasteiger partial charge >= 0.3 is 0 Å². The van der Waals surface area contributed by atoms with Crippen LogP contribution in [0.5, 0.6) is 0 Å². The third-order valence-electron chi connectivity index (χ3n) is 9.95. The SMILES string of the molecule is O=C1CC[C@H](N(Cc2ccccc2)Cc2ccccc2)CN1.O=C1CC[C@H](N(Cc2ccccc2)Cc2ccccc2)CN1Cc1ccc(F)cc1. The van der Waals surface area contributed by atoms with Crippen LogP contribution >= 0.6 is 0 Å². The Balaban J connectivity index is 0.000000187. The smallest absolute Gasteiger partial charge is 0.222 e. The van der Waals surface area contributed by atoms with Crippen LogP contribution in [0.1, 0.15) is 53.5 Å². The summed E-state index contributed by atoms with van der Waals surface area (Å²) < 4.78 is 13.2. The maximum absolute atomic E-state index is 13.2. The van der Waals surface area contributed by atoms with Crippen LogP contribution < -0.4 is 5.32 Å². The number of carbonyl (C=O) groups is 2. The highest BCUT2D eigenvalue weighted by molar-refractivity contribution is 5.77. The first kappa shape index (κ1) is 36.7. The summed E-state index contributed by atoms with van der Waals surface area (Å²) in [6, 6.07) is 49.2. The third-order valence-corrected chi connectivity index (χ3v) is 9.95. The number of hydrogen-bond acceptors (Lipinski definition) is 4. The van der Waals surface area contributed by atoms with E-state index in [9.17, 15) is 14.0 Å².